The van der Waals surface area contributed by atoms with Gasteiger partial charge in [0.15, 0.2) is 0 Å². The van der Waals surface area contributed by atoms with Crippen LogP contribution in [-0.4, -0.2) is 20.1 Å². The Balaban J connectivity index is 1.87. The fourth-order valence-corrected chi connectivity index (χ4v) is 2.89. The van der Waals surface area contributed by atoms with Crippen LogP contribution in [0.2, 0.25) is 0 Å². The molecule has 3 aromatic rings. The summed E-state index contributed by atoms with van der Waals surface area (Å²) in [5, 5.41) is 14.9. The SMILES string of the molecule is Cc1cc(C)cc(Nc2nccc(-c3csc(CO)n3)n2)c1. The van der Waals surface area contributed by atoms with Crippen molar-refractivity contribution in [1.82, 2.24) is 15.0 Å². The lowest BCUT2D eigenvalue weighted by Gasteiger charge is -2.07. The third-order valence-corrected chi connectivity index (χ3v) is 3.92. The molecule has 5 nitrogen and oxygen atoms in total. The summed E-state index contributed by atoms with van der Waals surface area (Å²) in [5.41, 5.74) is 4.82. The molecule has 0 aliphatic heterocycles. The zero-order chi connectivity index (χ0) is 15.5. The molecule has 0 unspecified atom stereocenters. The highest BCUT2D eigenvalue weighted by Gasteiger charge is 2.07. The van der Waals surface area contributed by atoms with E-state index in [1.165, 1.54) is 22.5 Å². The number of nitrogens with one attached hydrogen (secondary N) is 1. The summed E-state index contributed by atoms with van der Waals surface area (Å²) in [5.74, 6) is 0.529. The normalized spacial score (nSPS) is 10.7. The molecule has 1 aromatic carbocycles. The molecule has 2 aromatic heterocycles. The summed E-state index contributed by atoms with van der Waals surface area (Å²) < 4.78 is 0. The van der Waals surface area contributed by atoms with E-state index in [-0.39, 0.29) is 6.61 Å². The van der Waals surface area contributed by atoms with Gasteiger partial charge in [0, 0.05) is 17.3 Å². The van der Waals surface area contributed by atoms with Crippen molar-refractivity contribution in [2.75, 3.05) is 5.32 Å². The predicted molar refractivity (Wildman–Crippen MR) is 88.3 cm³/mol. The molecular weight excluding hydrogens is 296 g/mol. The van der Waals surface area contributed by atoms with Crippen LogP contribution in [0.25, 0.3) is 11.4 Å². The first-order valence-electron chi connectivity index (χ1n) is 6.88. The van der Waals surface area contributed by atoms with Crippen LogP contribution in [0.1, 0.15) is 16.1 Å². The smallest absolute Gasteiger partial charge is 0.227 e. The molecular formula is C16H16N4OS. The lowest BCUT2D eigenvalue weighted by Crippen LogP contribution is -1.98. The molecule has 6 heteroatoms. The van der Waals surface area contributed by atoms with E-state index < -0.39 is 0 Å². The zero-order valence-corrected chi connectivity index (χ0v) is 13.2. The van der Waals surface area contributed by atoms with E-state index >= 15 is 0 Å². The molecule has 2 heterocycles. The third kappa shape index (κ3) is 3.29. The molecule has 0 atom stereocenters. The Bertz CT molecular complexity index is 780. The summed E-state index contributed by atoms with van der Waals surface area (Å²) in [6.07, 6.45) is 1.70. The minimum Gasteiger partial charge on any atom is -0.389 e. The van der Waals surface area contributed by atoms with Gasteiger partial charge >= 0.3 is 0 Å². The van der Waals surface area contributed by atoms with Crippen LogP contribution in [0.15, 0.2) is 35.8 Å². The van der Waals surface area contributed by atoms with Crippen molar-refractivity contribution < 1.29 is 5.11 Å². The molecule has 112 valence electrons. The van der Waals surface area contributed by atoms with E-state index in [1.807, 2.05) is 11.4 Å². The minimum absolute atomic E-state index is 0.0522. The molecule has 0 saturated heterocycles. The number of aryl methyl sites for hydroxylation is 2. The van der Waals surface area contributed by atoms with E-state index in [0.29, 0.717) is 11.0 Å². The average molecular weight is 312 g/mol. The number of aliphatic hydroxyl groups excluding tert-OH is 1. The summed E-state index contributed by atoms with van der Waals surface area (Å²) in [7, 11) is 0. The molecule has 0 amide bonds. The number of nitrogens with zero attached hydrogens (tertiary/aromatic N) is 3. The van der Waals surface area contributed by atoms with Gasteiger partial charge in [-0.25, -0.2) is 15.0 Å². The maximum absolute atomic E-state index is 9.10. The Labute approximate surface area is 132 Å². The number of hydrogen-bond acceptors (Lipinski definition) is 6. The molecule has 0 fully saturated rings. The zero-order valence-electron chi connectivity index (χ0n) is 12.4. The average Bonchev–Trinajstić information content (AvgIpc) is 2.95. The van der Waals surface area contributed by atoms with Crippen molar-refractivity contribution >= 4 is 23.0 Å². The second kappa shape index (κ2) is 6.21. The van der Waals surface area contributed by atoms with Crippen molar-refractivity contribution in [2.45, 2.75) is 20.5 Å². The fraction of sp³-hybridized carbons (Fsp3) is 0.188. The van der Waals surface area contributed by atoms with Crippen LogP contribution in [0.4, 0.5) is 11.6 Å². The Hall–Kier alpha value is -2.31. The van der Waals surface area contributed by atoms with E-state index in [4.69, 9.17) is 5.11 Å². The van der Waals surface area contributed by atoms with Crippen LogP contribution in [0.5, 0.6) is 0 Å². The summed E-state index contributed by atoms with van der Waals surface area (Å²) in [6.45, 7) is 4.06. The van der Waals surface area contributed by atoms with Crippen LogP contribution in [0.3, 0.4) is 0 Å². The number of thiazole rings is 1. The Kier molecular flexibility index (Phi) is 4.13. The topological polar surface area (TPSA) is 70.9 Å². The molecule has 0 bridgehead atoms. The second-order valence-corrected chi connectivity index (χ2v) is 5.99. The monoisotopic (exact) mass is 312 g/mol. The van der Waals surface area contributed by atoms with Gasteiger partial charge in [0.2, 0.25) is 5.95 Å². The van der Waals surface area contributed by atoms with Crippen LogP contribution >= 0.6 is 11.3 Å². The molecule has 0 radical (unpaired) electrons. The lowest BCUT2D eigenvalue weighted by molar-refractivity contribution is 0.281. The molecule has 0 saturated carbocycles. The van der Waals surface area contributed by atoms with Crippen LogP contribution in [-0.2, 0) is 6.61 Å². The van der Waals surface area contributed by atoms with E-state index in [9.17, 15) is 0 Å². The van der Waals surface area contributed by atoms with Gasteiger partial charge in [0.05, 0.1) is 12.3 Å². The van der Waals surface area contributed by atoms with E-state index in [0.717, 1.165) is 17.1 Å². The van der Waals surface area contributed by atoms with Crippen molar-refractivity contribution in [2.24, 2.45) is 0 Å². The highest BCUT2D eigenvalue weighted by Crippen LogP contribution is 2.22. The minimum atomic E-state index is -0.0522. The van der Waals surface area contributed by atoms with Gasteiger partial charge in [-0.15, -0.1) is 11.3 Å². The van der Waals surface area contributed by atoms with Gasteiger partial charge in [-0.1, -0.05) is 6.07 Å². The highest BCUT2D eigenvalue weighted by atomic mass is 32.1. The lowest BCUT2D eigenvalue weighted by atomic mass is 10.1. The summed E-state index contributed by atoms with van der Waals surface area (Å²) in [6, 6.07) is 8.03. The van der Waals surface area contributed by atoms with Gasteiger partial charge in [-0.3, -0.25) is 0 Å². The largest absolute Gasteiger partial charge is 0.389 e. The van der Waals surface area contributed by atoms with Gasteiger partial charge in [0.25, 0.3) is 0 Å². The van der Waals surface area contributed by atoms with Gasteiger partial charge in [0.1, 0.15) is 10.7 Å². The number of rotatable bonds is 4. The Morgan fingerprint density at radius 2 is 1.86 bits per heavy atom. The molecule has 0 aliphatic rings. The van der Waals surface area contributed by atoms with E-state index in [1.54, 1.807) is 6.20 Å². The van der Waals surface area contributed by atoms with Crippen LogP contribution < -0.4 is 5.32 Å². The first-order chi connectivity index (χ1) is 10.6. The summed E-state index contributed by atoms with van der Waals surface area (Å²) >= 11 is 1.42. The molecule has 0 spiro atoms. The first kappa shape index (κ1) is 14.6. The Morgan fingerprint density at radius 1 is 1.09 bits per heavy atom. The quantitative estimate of drug-likeness (QED) is 0.772. The number of hydrogen-bond donors (Lipinski definition) is 2. The maximum atomic E-state index is 9.10. The van der Waals surface area contributed by atoms with Gasteiger partial charge in [-0.2, -0.15) is 0 Å². The van der Waals surface area contributed by atoms with Crippen molar-refractivity contribution in [3.8, 4) is 11.4 Å². The highest BCUT2D eigenvalue weighted by molar-refractivity contribution is 7.09. The summed E-state index contributed by atoms with van der Waals surface area (Å²) in [4.78, 5) is 13.1. The molecule has 2 N–H and O–H groups in total. The van der Waals surface area contributed by atoms with Crippen LogP contribution in [0, 0.1) is 13.8 Å². The number of aliphatic hydroxyl groups is 1. The predicted octanol–water partition coefficient (Wildman–Crippen LogP) is 3.45. The number of benzene rings is 1. The number of aromatic nitrogens is 3. The second-order valence-electron chi connectivity index (χ2n) is 5.05. The number of anilines is 2. The Morgan fingerprint density at radius 3 is 2.55 bits per heavy atom. The molecule has 0 aliphatic carbocycles. The van der Waals surface area contributed by atoms with Gasteiger partial charge in [-0.05, 0) is 43.2 Å². The van der Waals surface area contributed by atoms with Gasteiger partial charge < -0.3 is 10.4 Å². The maximum Gasteiger partial charge on any atom is 0.227 e. The first-order valence-corrected chi connectivity index (χ1v) is 7.76. The third-order valence-electron chi connectivity index (χ3n) is 3.08. The molecule has 3 rings (SSSR count). The van der Waals surface area contributed by atoms with Crippen molar-refractivity contribution in [3.63, 3.8) is 0 Å². The standard InChI is InChI=1S/C16H16N4OS/c1-10-5-11(2)7-12(6-10)18-16-17-4-3-13(20-16)14-9-22-15(8-21)19-14/h3-7,9,21H,8H2,1-2H3,(H,17,18,20). The van der Waals surface area contributed by atoms with Crippen molar-refractivity contribution in [1.29, 1.82) is 0 Å². The fourth-order valence-electron chi connectivity index (χ4n) is 2.24. The molecule has 22 heavy (non-hydrogen) atoms. The van der Waals surface area contributed by atoms with E-state index in [2.05, 4.69) is 52.3 Å². The van der Waals surface area contributed by atoms with Crippen molar-refractivity contribution in [3.05, 3.63) is 52.0 Å².